The van der Waals surface area contributed by atoms with Crippen LogP contribution in [0, 0.1) is 11.3 Å². The van der Waals surface area contributed by atoms with Crippen molar-refractivity contribution in [1.29, 1.82) is 5.26 Å². The molecule has 0 fully saturated rings. The minimum atomic E-state index is -0.801. The number of amides is 1. The smallest absolute Gasteiger partial charge is 0.349 e. The second-order valence-corrected chi connectivity index (χ2v) is 5.94. The number of nitrogens with one attached hydrogen (secondary N) is 1. The Morgan fingerprint density at radius 1 is 1.25 bits per heavy atom. The van der Waals surface area contributed by atoms with Crippen molar-refractivity contribution >= 4 is 18.0 Å². The molecule has 1 atom stereocenters. The first-order chi connectivity index (χ1) is 11.4. The molecule has 5 nitrogen and oxygen atoms in total. The summed E-state index contributed by atoms with van der Waals surface area (Å²) in [5, 5.41) is 11.8. The third kappa shape index (κ3) is 6.25. The van der Waals surface area contributed by atoms with E-state index in [0.717, 1.165) is 12.0 Å². The van der Waals surface area contributed by atoms with E-state index in [1.54, 1.807) is 0 Å². The third-order valence-corrected chi connectivity index (χ3v) is 3.61. The summed E-state index contributed by atoms with van der Waals surface area (Å²) in [4.78, 5) is 23.5. The molecule has 0 bridgehead atoms. The Morgan fingerprint density at radius 2 is 1.88 bits per heavy atom. The molecular formula is C19H24N2O3. The van der Waals surface area contributed by atoms with Crippen LogP contribution in [0.4, 0.5) is 0 Å². The van der Waals surface area contributed by atoms with Crippen LogP contribution in [0.25, 0.3) is 6.08 Å². The Labute approximate surface area is 143 Å². The fourth-order valence-corrected chi connectivity index (χ4v) is 1.91. The molecule has 0 aromatic heterocycles. The maximum atomic E-state index is 11.9. The van der Waals surface area contributed by atoms with E-state index >= 15 is 0 Å². The molecule has 0 aliphatic carbocycles. The first-order valence-corrected chi connectivity index (χ1v) is 8.05. The van der Waals surface area contributed by atoms with E-state index < -0.39 is 12.6 Å². The number of carbonyl (C=O) groups excluding carboxylic acids is 2. The first kappa shape index (κ1) is 19.4. The zero-order chi connectivity index (χ0) is 18.1. The Kier molecular flexibility index (Phi) is 7.70. The van der Waals surface area contributed by atoms with E-state index in [1.165, 1.54) is 11.6 Å². The minimum absolute atomic E-state index is 0.0154. The van der Waals surface area contributed by atoms with Gasteiger partial charge in [0.2, 0.25) is 0 Å². The summed E-state index contributed by atoms with van der Waals surface area (Å²) in [6, 6.07) is 9.43. The summed E-state index contributed by atoms with van der Waals surface area (Å²) in [5.41, 5.74) is 1.77. The van der Waals surface area contributed by atoms with Crippen LogP contribution in [0.3, 0.4) is 0 Å². The average molecular weight is 328 g/mol. The summed E-state index contributed by atoms with van der Waals surface area (Å²) in [6.07, 6.45) is 2.24. The van der Waals surface area contributed by atoms with Crippen molar-refractivity contribution in [1.82, 2.24) is 5.32 Å². The molecule has 0 saturated heterocycles. The van der Waals surface area contributed by atoms with Gasteiger partial charge in [-0.15, -0.1) is 0 Å². The average Bonchev–Trinajstić information content (AvgIpc) is 2.57. The van der Waals surface area contributed by atoms with Crippen LogP contribution in [-0.2, 0) is 14.3 Å². The van der Waals surface area contributed by atoms with Gasteiger partial charge in [-0.2, -0.15) is 5.26 Å². The third-order valence-electron chi connectivity index (χ3n) is 3.61. The maximum Gasteiger partial charge on any atom is 0.349 e. The number of esters is 1. The molecule has 5 heteroatoms. The summed E-state index contributed by atoms with van der Waals surface area (Å²) in [7, 11) is 0. The SMILES string of the molecule is CC[C@@H](C)NC(=O)COC(=O)/C(C#N)=C/c1ccc(C(C)C)cc1. The van der Waals surface area contributed by atoms with Crippen LogP contribution >= 0.6 is 0 Å². The van der Waals surface area contributed by atoms with Crippen LogP contribution < -0.4 is 5.32 Å². The van der Waals surface area contributed by atoms with Crippen molar-refractivity contribution in [3.63, 3.8) is 0 Å². The highest BCUT2D eigenvalue weighted by Crippen LogP contribution is 2.16. The van der Waals surface area contributed by atoms with Crippen LogP contribution in [0.2, 0.25) is 0 Å². The van der Waals surface area contributed by atoms with E-state index in [2.05, 4.69) is 19.2 Å². The number of carbonyl (C=O) groups is 2. The lowest BCUT2D eigenvalue weighted by molar-refractivity contribution is -0.144. The molecule has 0 aliphatic rings. The summed E-state index contributed by atoms with van der Waals surface area (Å²) in [6.45, 7) is 7.59. The molecule has 1 aromatic carbocycles. The van der Waals surface area contributed by atoms with Gasteiger partial charge >= 0.3 is 5.97 Å². The molecule has 24 heavy (non-hydrogen) atoms. The second kappa shape index (κ2) is 9.51. The van der Waals surface area contributed by atoms with Crippen molar-refractivity contribution in [3.05, 3.63) is 41.0 Å². The topological polar surface area (TPSA) is 79.2 Å². The lowest BCUT2D eigenvalue weighted by Gasteiger charge is -2.11. The highest BCUT2D eigenvalue weighted by molar-refractivity contribution is 5.98. The second-order valence-electron chi connectivity index (χ2n) is 5.94. The van der Waals surface area contributed by atoms with Gasteiger partial charge in [-0.25, -0.2) is 4.79 Å². The number of hydrogen-bond donors (Lipinski definition) is 1. The molecule has 0 heterocycles. The summed E-state index contributed by atoms with van der Waals surface area (Å²) < 4.78 is 4.89. The molecule has 1 rings (SSSR count). The summed E-state index contributed by atoms with van der Waals surface area (Å²) in [5.74, 6) is -0.770. The fraction of sp³-hybridized carbons (Fsp3) is 0.421. The maximum absolute atomic E-state index is 11.9. The first-order valence-electron chi connectivity index (χ1n) is 8.05. The highest BCUT2D eigenvalue weighted by Gasteiger charge is 2.14. The standard InChI is InChI=1S/C19H24N2O3/c1-5-14(4)21-18(22)12-24-19(23)17(11-20)10-15-6-8-16(9-7-15)13(2)3/h6-10,13-14H,5,12H2,1-4H3,(H,21,22)/b17-10+/t14-/m1/s1. The van der Waals surface area contributed by atoms with Gasteiger partial charge in [-0.1, -0.05) is 45.0 Å². The molecule has 1 aromatic rings. The molecule has 1 amide bonds. The van der Waals surface area contributed by atoms with Gasteiger partial charge in [0.25, 0.3) is 5.91 Å². The Hall–Kier alpha value is -2.61. The van der Waals surface area contributed by atoms with Gasteiger partial charge < -0.3 is 10.1 Å². The van der Waals surface area contributed by atoms with Crippen molar-refractivity contribution in [2.24, 2.45) is 0 Å². The zero-order valence-corrected chi connectivity index (χ0v) is 14.6. The van der Waals surface area contributed by atoms with Crippen molar-refractivity contribution in [2.75, 3.05) is 6.61 Å². The number of nitrogens with zero attached hydrogens (tertiary/aromatic N) is 1. The van der Waals surface area contributed by atoms with Crippen molar-refractivity contribution in [2.45, 2.75) is 46.1 Å². The van der Waals surface area contributed by atoms with Gasteiger partial charge in [0, 0.05) is 6.04 Å². The number of nitriles is 1. The molecule has 128 valence electrons. The van der Waals surface area contributed by atoms with Gasteiger partial charge in [-0.05, 0) is 36.5 Å². The van der Waals surface area contributed by atoms with E-state index in [9.17, 15) is 9.59 Å². The van der Waals surface area contributed by atoms with Gasteiger partial charge in [0.1, 0.15) is 11.6 Å². The van der Waals surface area contributed by atoms with E-state index in [1.807, 2.05) is 44.2 Å². The quantitative estimate of drug-likeness (QED) is 0.474. The van der Waals surface area contributed by atoms with Crippen LogP contribution in [0.1, 0.15) is 51.2 Å². The fourth-order valence-electron chi connectivity index (χ4n) is 1.91. The molecule has 0 spiro atoms. The molecule has 0 unspecified atom stereocenters. The van der Waals surface area contributed by atoms with Crippen LogP contribution in [0.5, 0.6) is 0 Å². The molecule has 0 saturated carbocycles. The minimum Gasteiger partial charge on any atom is -0.451 e. The Balaban J connectivity index is 2.69. The number of benzene rings is 1. The number of rotatable bonds is 7. The Morgan fingerprint density at radius 3 is 2.38 bits per heavy atom. The van der Waals surface area contributed by atoms with Gasteiger partial charge in [0.15, 0.2) is 6.61 Å². The summed E-state index contributed by atoms with van der Waals surface area (Å²) >= 11 is 0. The van der Waals surface area contributed by atoms with E-state index in [0.29, 0.717) is 5.92 Å². The zero-order valence-electron chi connectivity index (χ0n) is 14.6. The normalized spacial score (nSPS) is 12.4. The van der Waals surface area contributed by atoms with Crippen molar-refractivity contribution < 1.29 is 14.3 Å². The van der Waals surface area contributed by atoms with E-state index in [-0.39, 0.29) is 17.5 Å². The lowest BCUT2D eigenvalue weighted by atomic mass is 10.0. The monoisotopic (exact) mass is 328 g/mol. The van der Waals surface area contributed by atoms with Gasteiger partial charge in [-0.3, -0.25) is 4.79 Å². The molecule has 0 aliphatic heterocycles. The van der Waals surface area contributed by atoms with Crippen molar-refractivity contribution in [3.8, 4) is 6.07 Å². The highest BCUT2D eigenvalue weighted by atomic mass is 16.5. The largest absolute Gasteiger partial charge is 0.451 e. The Bertz CT molecular complexity index is 640. The molecule has 1 N–H and O–H groups in total. The number of ether oxygens (including phenoxy) is 1. The lowest BCUT2D eigenvalue weighted by Crippen LogP contribution is -2.35. The van der Waals surface area contributed by atoms with Gasteiger partial charge in [0.05, 0.1) is 0 Å². The van der Waals surface area contributed by atoms with Crippen LogP contribution in [0.15, 0.2) is 29.8 Å². The van der Waals surface area contributed by atoms with E-state index in [4.69, 9.17) is 10.00 Å². The van der Waals surface area contributed by atoms with Crippen LogP contribution in [-0.4, -0.2) is 24.5 Å². The number of hydrogen-bond acceptors (Lipinski definition) is 4. The predicted octanol–water partition coefficient (Wildman–Crippen LogP) is 3.17. The predicted molar refractivity (Wildman–Crippen MR) is 93.0 cm³/mol. The molecule has 0 radical (unpaired) electrons. The molecular weight excluding hydrogens is 304 g/mol.